The lowest BCUT2D eigenvalue weighted by atomic mass is 10.2. The van der Waals surface area contributed by atoms with Gasteiger partial charge in [0.15, 0.2) is 0 Å². The zero-order valence-electron chi connectivity index (χ0n) is 11.8. The number of rotatable bonds is 3. The maximum absolute atomic E-state index is 12.7. The molecule has 2 aromatic rings. The average molecular weight is 335 g/mol. The Bertz CT molecular complexity index is 756. The molecule has 4 nitrogen and oxygen atoms in total. The number of nitrogens with one attached hydrogen (secondary N) is 1. The van der Waals surface area contributed by atoms with Crippen molar-refractivity contribution in [3.8, 4) is 0 Å². The maximum atomic E-state index is 12.7. The van der Waals surface area contributed by atoms with Crippen molar-refractivity contribution in [2.75, 3.05) is 13.1 Å². The number of likely N-dealkylation sites (tertiary alicyclic amines) is 1. The van der Waals surface area contributed by atoms with Crippen molar-refractivity contribution in [1.29, 1.82) is 0 Å². The minimum absolute atomic E-state index is 0.0254. The van der Waals surface area contributed by atoms with Crippen molar-refractivity contribution in [2.24, 2.45) is 0 Å². The summed E-state index contributed by atoms with van der Waals surface area (Å²) < 4.78 is 1.01. The van der Waals surface area contributed by atoms with Crippen LogP contribution in [0.2, 0.25) is 5.02 Å². The number of carbonyl (C=O) groups is 2. The molecular weight excluding hydrogens is 320 g/mol. The Morgan fingerprint density at radius 3 is 2.91 bits per heavy atom. The molecule has 0 unspecified atom stereocenters. The maximum Gasteiger partial charge on any atom is 0.265 e. The van der Waals surface area contributed by atoms with Crippen molar-refractivity contribution < 1.29 is 9.59 Å². The van der Waals surface area contributed by atoms with Crippen LogP contribution in [-0.2, 0) is 4.79 Å². The molecule has 0 aliphatic carbocycles. The number of thiophene rings is 1. The number of hydrogen-bond acceptors (Lipinski definition) is 3. The summed E-state index contributed by atoms with van der Waals surface area (Å²) in [6.07, 6.45) is 1.99. The van der Waals surface area contributed by atoms with Crippen LogP contribution in [0, 0.1) is 0 Å². The summed E-state index contributed by atoms with van der Waals surface area (Å²) in [6, 6.07) is 7.69. The number of benzene rings is 1. The van der Waals surface area contributed by atoms with E-state index in [0.717, 1.165) is 16.5 Å². The fourth-order valence-electron chi connectivity index (χ4n) is 2.62. The molecule has 1 aliphatic rings. The van der Waals surface area contributed by atoms with Gasteiger partial charge in [-0.1, -0.05) is 36.4 Å². The van der Waals surface area contributed by atoms with E-state index in [4.69, 9.17) is 11.6 Å². The van der Waals surface area contributed by atoms with Gasteiger partial charge in [0.25, 0.3) is 5.91 Å². The Hall–Kier alpha value is -1.85. The molecule has 1 atom stereocenters. The van der Waals surface area contributed by atoms with Crippen molar-refractivity contribution in [1.82, 2.24) is 10.2 Å². The van der Waals surface area contributed by atoms with Crippen LogP contribution in [0.3, 0.4) is 0 Å². The molecule has 2 amide bonds. The van der Waals surface area contributed by atoms with Crippen LogP contribution in [0.1, 0.15) is 16.1 Å². The summed E-state index contributed by atoms with van der Waals surface area (Å²) in [5, 5.41) is 4.25. The average Bonchev–Trinajstić information content (AvgIpc) is 3.12. The van der Waals surface area contributed by atoms with E-state index in [1.165, 1.54) is 17.4 Å². The van der Waals surface area contributed by atoms with E-state index in [9.17, 15) is 9.59 Å². The molecule has 1 aromatic heterocycles. The Labute approximate surface area is 137 Å². The highest BCUT2D eigenvalue weighted by molar-refractivity contribution is 7.21. The summed E-state index contributed by atoms with van der Waals surface area (Å²) in [5.74, 6) is -0.277. The summed E-state index contributed by atoms with van der Waals surface area (Å²) >= 11 is 7.77. The number of halogens is 1. The molecule has 0 bridgehead atoms. The highest BCUT2D eigenvalue weighted by atomic mass is 35.5. The van der Waals surface area contributed by atoms with Gasteiger partial charge in [-0.05, 0) is 18.6 Å². The molecule has 22 heavy (non-hydrogen) atoms. The van der Waals surface area contributed by atoms with Crippen molar-refractivity contribution in [3.63, 3.8) is 0 Å². The molecule has 2 heterocycles. The third-order valence-electron chi connectivity index (χ3n) is 3.74. The SMILES string of the molecule is C=CC(=O)N[C@H]1CCN(C(=O)c2sc3ccccc3c2Cl)C1. The lowest BCUT2D eigenvalue weighted by Crippen LogP contribution is -2.37. The van der Waals surface area contributed by atoms with Gasteiger partial charge in [0.05, 0.1) is 5.02 Å². The number of fused-ring (bicyclic) bond motifs is 1. The summed E-state index contributed by atoms with van der Waals surface area (Å²) in [6.45, 7) is 4.55. The molecule has 114 valence electrons. The first-order valence-corrected chi connectivity index (χ1v) is 8.19. The molecule has 0 spiro atoms. The lowest BCUT2D eigenvalue weighted by molar-refractivity contribution is -0.117. The minimum Gasteiger partial charge on any atom is -0.348 e. The highest BCUT2D eigenvalue weighted by Crippen LogP contribution is 2.36. The zero-order valence-corrected chi connectivity index (χ0v) is 13.4. The standard InChI is InChI=1S/C16H15ClN2O2S/c1-2-13(20)18-10-7-8-19(9-10)16(21)15-14(17)11-5-3-4-6-12(11)22-15/h2-6,10H,1,7-9H2,(H,18,20)/t10-/m0/s1. The van der Waals surface area contributed by atoms with Gasteiger partial charge in [-0.3, -0.25) is 9.59 Å². The van der Waals surface area contributed by atoms with Gasteiger partial charge in [-0.2, -0.15) is 0 Å². The zero-order chi connectivity index (χ0) is 15.7. The van der Waals surface area contributed by atoms with Gasteiger partial charge in [0.1, 0.15) is 4.88 Å². The molecule has 0 saturated carbocycles. The summed E-state index contributed by atoms with van der Waals surface area (Å²) in [7, 11) is 0. The quantitative estimate of drug-likeness (QED) is 0.877. The highest BCUT2D eigenvalue weighted by Gasteiger charge is 2.30. The van der Waals surface area contributed by atoms with Crippen LogP contribution in [0.4, 0.5) is 0 Å². The number of hydrogen-bond donors (Lipinski definition) is 1. The molecule has 1 aromatic carbocycles. The molecule has 0 radical (unpaired) electrons. The van der Waals surface area contributed by atoms with Gasteiger partial charge in [0.2, 0.25) is 5.91 Å². The first-order valence-electron chi connectivity index (χ1n) is 6.99. The fourth-order valence-corrected chi connectivity index (χ4v) is 4.10. The van der Waals surface area contributed by atoms with Gasteiger partial charge >= 0.3 is 0 Å². The van der Waals surface area contributed by atoms with Gasteiger partial charge in [0, 0.05) is 29.2 Å². The van der Waals surface area contributed by atoms with Crippen LogP contribution in [-0.4, -0.2) is 35.8 Å². The first-order chi connectivity index (χ1) is 10.6. The third-order valence-corrected chi connectivity index (χ3v) is 5.40. The first kappa shape index (κ1) is 15.1. The van der Waals surface area contributed by atoms with Gasteiger partial charge in [-0.15, -0.1) is 11.3 Å². The second kappa shape index (κ2) is 6.10. The van der Waals surface area contributed by atoms with Crippen molar-refractivity contribution in [2.45, 2.75) is 12.5 Å². The molecular formula is C16H15ClN2O2S. The van der Waals surface area contributed by atoms with Crippen LogP contribution in [0.25, 0.3) is 10.1 Å². The van der Waals surface area contributed by atoms with E-state index in [2.05, 4.69) is 11.9 Å². The predicted molar refractivity (Wildman–Crippen MR) is 89.5 cm³/mol. The van der Waals surface area contributed by atoms with E-state index in [0.29, 0.717) is 23.0 Å². The molecule has 1 fully saturated rings. The monoisotopic (exact) mass is 334 g/mol. The van der Waals surface area contributed by atoms with Crippen LogP contribution in [0.5, 0.6) is 0 Å². The smallest absolute Gasteiger partial charge is 0.265 e. The Balaban J connectivity index is 1.78. The van der Waals surface area contributed by atoms with Crippen LogP contribution < -0.4 is 5.32 Å². The van der Waals surface area contributed by atoms with E-state index in [1.807, 2.05) is 24.3 Å². The second-order valence-corrected chi connectivity index (χ2v) is 6.62. The Kier molecular flexibility index (Phi) is 4.18. The largest absolute Gasteiger partial charge is 0.348 e. The molecule has 6 heteroatoms. The molecule has 1 aliphatic heterocycles. The minimum atomic E-state index is -0.209. The van der Waals surface area contributed by atoms with Gasteiger partial charge < -0.3 is 10.2 Å². The molecule has 1 saturated heterocycles. The van der Waals surface area contributed by atoms with Crippen molar-refractivity contribution in [3.05, 3.63) is 46.8 Å². The normalized spacial score (nSPS) is 17.7. The summed E-state index contributed by atoms with van der Waals surface area (Å²) in [5.41, 5.74) is 0. The Morgan fingerprint density at radius 2 is 2.18 bits per heavy atom. The van der Waals surface area contributed by atoms with E-state index < -0.39 is 0 Å². The fraction of sp³-hybridized carbons (Fsp3) is 0.250. The van der Waals surface area contributed by atoms with Crippen LogP contribution in [0.15, 0.2) is 36.9 Å². The third kappa shape index (κ3) is 2.74. The molecule has 1 N–H and O–H groups in total. The Morgan fingerprint density at radius 1 is 1.41 bits per heavy atom. The summed E-state index contributed by atoms with van der Waals surface area (Å²) in [4.78, 5) is 26.3. The number of amides is 2. The number of nitrogens with zero attached hydrogens (tertiary/aromatic N) is 1. The topological polar surface area (TPSA) is 49.4 Å². The van der Waals surface area contributed by atoms with E-state index in [1.54, 1.807) is 4.90 Å². The van der Waals surface area contributed by atoms with E-state index in [-0.39, 0.29) is 17.9 Å². The number of carbonyl (C=O) groups excluding carboxylic acids is 2. The van der Waals surface area contributed by atoms with E-state index >= 15 is 0 Å². The predicted octanol–water partition coefficient (Wildman–Crippen LogP) is 3.07. The van der Waals surface area contributed by atoms with Gasteiger partial charge in [-0.25, -0.2) is 0 Å². The second-order valence-electron chi connectivity index (χ2n) is 5.19. The van der Waals surface area contributed by atoms with Crippen molar-refractivity contribution >= 4 is 44.8 Å². The van der Waals surface area contributed by atoms with Crippen LogP contribution >= 0.6 is 22.9 Å². The molecule has 3 rings (SSSR count). The lowest BCUT2D eigenvalue weighted by Gasteiger charge is -2.16.